The number of rotatable bonds is 11. The number of carboxylic acids is 1. The Bertz CT molecular complexity index is 1370. The van der Waals surface area contributed by atoms with Crippen LogP contribution in [-0.4, -0.2) is 92.2 Å². The number of carbonyl (C=O) groups excluding carboxylic acids is 1. The van der Waals surface area contributed by atoms with Gasteiger partial charge >= 0.3 is 5.97 Å². The Hall–Kier alpha value is -1.13. The molecular weight excluding hydrogens is 671 g/mol. The zero-order valence-corrected chi connectivity index (χ0v) is 35.0. The highest BCUT2D eigenvalue weighted by atomic mass is 32.3. The molecule has 2 heterocycles. The van der Waals surface area contributed by atoms with Gasteiger partial charge in [0.05, 0.1) is 16.9 Å². The van der Waals surface area contributed by atoms with E-state index in [4.69, 9.17) is 0 Å². The molecule has 52 heavy (non-hydrogen) atoms. The van der Waals surface area contributed by atoms with Gasteiger partial charge in [-0.2, -0.15) is 10.6 Å². The van der Waals surface area contributed by atoms with Gasteiger partial charge < -0.3 is 20.2 Å². The van der Waals surface area contributed by atoms with Crippen molar-refractivity contribution in [2.24, 2.45) is 56.7 Å². The maximum atomic E-state index is 13.8. The van der Waals surface area contributed by atoms with E-state index in [9.17, 15) is 23.8 Å². The molecule has 9 atom stereocenters. The molecular formula is C43H75N3O5S. The topological polar surface area (TPSA) is 113 Å². The number of likely N-dealkylation sites (tertiary alicyclic amines) is 1. The van der Waals surface area contributed by atoms with Crippen molar-refractivity contribution in [3.8, 4) is 0 Å². The van der Waals surface area contributed by atoms with Crippen LogP contribution in [0.25, 0.3) is 0 Å². The molecule has 2 aliphatic heterocycles. The van der Waals surface area contributed by atoms with Gasteiger partial charge in [-0.1, -0.05) is 32.9 Å². The van der Waals surface area contributed by atoms with Gasteiger partial charge in [-0.05, 0) is 170 Å². The average molecular weight is 746 g/mol. The Morgan fingerprint density at radius 2 is 1.58 bits per heavy atom. The van der Waals surface area contributed by atoms with Crippen molar-refractivity contribution in [1.29, 1.82) is 0 Å². The highest BCUT2D eigenvalue weighted by Crippen LogP contribution is 2.76. The van der Waals surface area contributed by atoms with Crippen LogP contribution in [0.3, 0.4) is 0 Å². The van der Waals surface area contributed by atoms with Gasteiger partial charge in [-0.25, -0.2) is 0 Å². The predicted molar refractivity (Wildman–Crippen MR) is 214 cm³/mol. The van der Waals surface area contributed by atoms with Crippen LogP contribution < -0.4 is 5.32 Å². The quantitative estimate of drug-likeness (QED) is 0.124. The summed E-state index contributed by atoms with van der Waals surface area (Å²) >= 11 is 0. The Morgan fingerprint density at radius 1 is 0.885 bits per heavy atom. The molecule has 9 heteroatoms. The van der Waals surface area contributed by atoms with Crippen molar-refractivity contribution in [2.45, 2.75) is 138 Å². The van der Waals surface area contributed by atoms with Crippen LogP contribution in [0.5, 0.6) is 0 Å². The molecule has 0 unspecified atom stereocenters. The summed E-state index contributed by atoms with van der Waals surface area (Å²) in [6, 6.07) is 0. The summed E-state index contributed by atoms with van der Waals surface area (Å²) in [4.78, 5) is 30.1. The number of piperidine rings is 1. The molecule has 4 N–H and O–H groups in total. The fourth-order valence-corrected chi connectivity index (χ4v) is 15.5. The highest BCUT2D eigenvalue weighted by molar-refractivity contribution is 8.24. The monoisotopic (exact) mass is 746 g/mol. The third kappa shape index (κ3) is 6.74. The summed E-state index contributed by atoms with van der Waals surface area (Å²) in [5, 5.41) is 13.6. The van der Waals surface area contributed by atoms with Crippen LogP contribution in [0.1, 0.15) is 132 Å². The summed E-state index contributed by atoms with van der Waals surface area (Å²) in [6.45, 7) is 28.5. The van der Waals surface area contributed by atoms with Gasteiger partial charge in [0, 0.05) is 38.1 Å². The fraction of sp³-hybridized carbons (Fsp3) is 0.907. The van der Waals surface area contributed by atoms with E-state index in [1.807, 2.05) is 0 Å². The van der Waals surface area contributed by atoms with Gasteiger partial charge in [0.1, 0.15) is 0 Å². The first-order chi connectivity index (χ1) is 24.1. The molecule has 0 aromatic heterocycles. The minimum absolute atomic E-state index is 0.126. The molecule has 2 saturated heterocycles. The average Bonchev–Trinajstić information content (AvgIpc) is 3.44. The minimum Gasteiger partial charge on any atom is -0.481 e. The zero-order chi connectivity index (χ0) is 38.1. The Morgan fingerprint density at radius 3 is 2.23 bits per heavy atom. The second kappa shape index (κ2) is 14.1. The molecule has 1 amide bonds. The van der Waals surface area contributed by atoms with Crippen molar-refractivity contribution < 1.29 is 23.8 Å². The molecule has 6 fully saturated rings. The normalized spacial score (nSPS) is 42.0. The smallest absolute Gasteiger partial charge is 0.309 e. The molecule has 298 valence electrons. The molecule has 4 aliphatic carbocycles. The van der Waals surface area contributed by atoms with Crippen LogP contribution in [0.15, 0.2) is 12.2 Å². The van der Waals surface area contributed by atoms with Gasteiger partial charge in [-0.15, -0.1) is 0 Å². The van der Waals surface area contributed by atoms with E-state index in [0.717, 1.165) is 58.5 Å². The molecule has 6 aliphatic rings. The molecule has 0 aromatic rings. The number of hydrogen-bond acceptors (Lipinski definition) is 6. The van der Waals surface area contributed by atoms with Gasteiger partial charge in [0.15, 0.2) is 0 Å². The summed E-state index contributed by atoms with van der Waals surface area (Å²) in [7, 11) is -2.34. The lowest BCUT2D eigenvalue weighted by atomic mass is 9.33. The molecule has 0 aromatic carbocycles. The number of carbonyl (C=O) groups is 2. The molecule has 4 saturated carbocycles. The summed E-state index contributed by atoms with van der Waals surface area (Å²) in [6.07, 6.45) is 13.0. The Balaban J connectivity index is 1.16. The van der Waals surface area contributed by atoms with Crippen LogP contribution >= 0.6 is 10.6 Å². The van der Waals surface area contributed by atoms with Crippen molar-refractivity contribution in [3.05, 3.63) is 12.2 Å². The number of aliphatic carboxylic acids is 1. The maximum absolute atomic E-state index is 13.8. The Labute approximate surface area is 318 Å². The van der Waals surface area contributed by atoms with Gasteiger partial charge in [-0.3, -0.25) is 18.7 Å². The maximum Gasteiger partial charge on any atom is 0.309 e. The zero-order valence-electron chi connectivity index (χ0n) is 34.2. The van der Waals surface area contributed by atoms with Crippen molar-refractivity contribution >= 4 is 22.5 Å². The van der Waals surface area contributed by atoms with E-state index in [-0.39, 0.29) is 27.7 Å². The van der Waals surface area contributed by atoms with Gasteiger partial charge in [0.2, 0.25) is 5.91 Å². The lowest BCUT2D eigenvalue weighted by Gasteiger charge is -2.73. The number of nitrogens with zero attached hydrogens (tertiary/aromatic N) is 2. The molecule has 0 bridgehead atoms. The van der Waals surface area contributed by atoms with E-state index in [1.165, 1.54) is 50.5 Å². The van der Waals surface area contributed by atoms with E-state index >= 15 is 0 Å². The standard InChI is InChI=1S/C43H75N3O5S/c1-30(2)31-13-18-43(29-44-22-10-23-45-25-27-52(50,51)28-26-45)20-19-41(8)32(36(31)43)11-12-34-40(7)21-24-46(35(47)15-16-38(3,4)37(48)49)39(5,6)33(40)14-17-42(34,41)9/h31-34,36,44,50-51H,1,10-29H2,2-9H3,(H,48,49)/t31-,32+,33-,34+,36+,40-,41+,42+,43+/m0/s1. The minimum atomic E-state index is -2.34. The molecule has 6 rings (SSSR count). The number of allylic oxidation sites excluding steroid dienone is 1. The first kappa shape index (κ1) is 40.5. The number of amides is 1. The number of hydrogen-bond donors (Lipinski definition) is 4. The van der Waals surface area contributed by atoms with E-state index < -0.39 is 22.0 Å². The van der Waals surface area contributed by atoms with E-state index in [0.29, 0.717) is 59.4 Å². The summed E-state index contributed by atoms with van der Waals surface area (Å²) in [5.41, 5.74) is 1.29. The molecule has 0 radical (unpaired) electrons. The van der Waals surface area contributed by atoms with Gasteiger partial charge in [0.25, 0.3) is 0 Å². The largest absolute Gasteiger partial charge is 0.481 e. The number of fused-ring (bicyclic) bond motifs is 7. The first-order valence-electron chi connectivity index (χ1n) is 21.0. The lowest BCUT2D eigenvalue weighted by molar-refractivity contribution is -0.240. The summed E-state index contributed by atoms with van der Waals surface area (Å²) < 4.78 is 20.0. The number of carboxylic acid groups (broad SMARTS) is 1. The van der Waals surface area contributed by atoms with Crippen LogP contribution in [-0.2, 0) is 9.59 Å². The molecule has 8 nitrogen and oxygen atoms in total. The molecule has 0 spiro atoms. The van der Waals surface area contributed by atoms with Crippen LogP contribution in [0.4, 0.5) is 0 Å². The second-order valence-corrected chi connectivity index (χ2v) is 23.2. The van der Waals surface area contributed by atoms with Crippen molar-refractivity contribution in [1.82, 2.24) is 15.1 Å². The van der Waals surface area contributed by atoms with Crippen LogP contribution in [0.2, 0.25) is 0 Å². The Kier molecular flexibility index (Phi) is 11.0. The van der Waals surface area contributed by atoms with Crippen molar-refractivity contribution in [2.75, 3.05) is 50.8 Å². The second-order valence-electron chi connectivity index (χ2n) is 20.8. The SMILES string of the molecule is C=C(C)[C@@H]1CC[C@]2(CNCCCN3CCS(O)(O)CC3)CC[C@]3(C)[C@H](CC[C@@H]4[C@@]5(C)CCN(C(=O)CCC(C)(C)C(=O)O)C(C)(C)[C@@H]5CC[C@]43C)[C@@H]12. The fourth-order valence-electron chi connectivity index (χ4n) is 14.2. The van der Waals surface area contributed by atoms with E-state index in [1.54, 1.807) is 13.8 Å². The van der Waals surface area contributed by atoms with Crippen molar-refractivity contribution in [3.63, 3.8) is 0 Å². The lowest BCUT2D eigenvalue weighted by Crippen LogP contribution is -2.70. The number of nitrogens with one attached hydrogen (secondary N) is 1. The highest BCUT2D eigenvalue weighted by Gasteiger charge is 2.71. The van der Waals surface area contributed by atoms with E-state index in [2.05, 4.69) is 63.2 Å². The van der Waals surface area contributed by atoms with Crippen LogP contribution in [0, 0.1) is 56.7 Å². The summed E-state index contributed by atoms with van der Waals surface area (Å²) in [5.74, 6) is 3.40. The third-order valence-electron chi connectivity index (χ3n) is 17.5. The first-order valence-corrected chi connectivity index (χ1v) is 22.9. The third-order valence-corrected chi connectivity index (χ3v) is 19.2. The predicted octanol–water partition coefficient (Wildman–Crippen LogP) is 8.77.